The molecule has 0 saturated heterocycles. The molecule has 4 nitrogen and oxygen atoms in total. The Labute approximate surface area is 342 Å². The molecule has 12 rings (SSSR count). The van der Waals surface area contributed by atoms with Crippen molar-refractivity contribution in [3.05, 3.63) is 217 Å². The molecule has 1 aliphatic heterocycles. The summed E-state index contributed by atoms with van der Waals surface area (Å²) >= 11 is 0. The van der Waals surface area contributed by atoms with Gasteiger partial charge >= 0.3 is 0 Å². The number of fused-ring (bicyclic) bond motifs is 9. The molecule has 0 spiro atoms. The SMILES string of the molecule is CN1c2ccccc2C(c2ccccc2)=NC1n1c2ccc(-c3ccc4c(c3)c3ccccc3n4-c3ccc(-c4ccccc4)cc3)cc2c2c3ccccc3ccc21. The smallest absolute Gasteiger partial charge is 0.203 e. The summed E-state index contributed by atoms with van der Waals surface area (Å²) in [4.78, 5) is 7.91. The minimum Gasteiger partial charge on any atom is -0.335 e. The van der Waals surface area contributed by atoms with E-state index in [4.69, 9.17) is 4.99 Å². The highest BCUT2D eigenvalue weighted by atomic mass is 15.4. The highest BCUT2D eigenvalue weighted by Crippen LogP contribution is 2.43. The molecule has 9 aromatic carbocycles. The number of hydrogen-bond donors (Lipinski definition) is 0. The van der Waals surface area contributed by atoms with Crippen LogP contribution < -0.4 is 4.90 Å². The van der Waals surface area contributed by atoms with Gasteiger partial charge in [0.25, 0.3) is 0 Å². The summed E-state index contributed by atoms with van der Waals surface area (Å²) in [5.74, 6) is 0. The number of para-hydroxylation sites is 2. The summed E-state index contributed by atoms with van der Waals surface area (Å²) in [7, 11) is 2.17. The normalized spacial score (nSPS) is 14.1. The van der Waals surface area contributed by atoms with Gasteiger partial charge in [-0.2, -0.15) is 0 Å². The molecular formula is C55H38N4. The number of anilines is 1. The number of rotatable bonds is 5. The summed E-state index contributed by atoms with van der Waals surface area (Å²) in [6.07, 6.45) is -0.295. The van der Waals surface area contributed by atoms with Gasteiger partial charge in [-0.25, -0.2) is 4.99 Å². The van der Waals surface area contributed by atoms with Crippen molar-refractivity contribution in [2.24, 2.45) is 4.99 Å². The minimum atomic E-state index is -0.295. The average Bonchev–Trinajstić information content (AvgIpc) is 3.82. The Balaban J connectivity index is 1.04. The number of nitrogens with zero attached hydrogens (tertiary/aromatic N) is 4. The van der Waals surface area contributed by atoms with Crippen molar-refractivity contribution >= 4 is 65.8 Å². The fraction of sp³-hybridized carbons (Fsp3) is 0.0364. The molecule has 11 aromatic rings. The maximum atomic E-state index is 5.59. The van der Waals surface area contributed by atoms with E-state index >= 15 is 0 Å². The van der Waals surface area contributed by atoms with Crippen LogP contribution in [0.2, 0.25) is 0 Å². The Kier molecular flexibility index (Phi) is 7.48. The fourth-order valence-corrected chi connectivity index (χ4v) is 9.55. The predicted molar refractivity (Wildman–Crippen MR) is 248 cm³/mol. The minimum absolute atomic E-state index is 0.295. The van der Waals surface area contributed by atoms with E-state index in [1.54, 1.807) is 0 Å². The van der Waals surface area contributed by atoms with E-state index in [0.29, 0.717) is 0 Å². The first kappa shape index (κ1) is 33.4. The summed E-state index contributed by atoms with van der Waals surface area (Å²) < 4.78 is 4.84. The molecule has 1 unspecified atom stereocenters. The molecule has 0 amide bonds. The Bertz CT molecular complexity index is 3450. The summed E-state index contributed by atoms with van der Waals surface area (Å²) in [6, 6.07) is 74.8. The molecule has 0 fully saturated rings. The highest BCUT2D eigenvalue weighted by molar-refractivity contribution is 6.22. The maximum Gasteiger partial charge on any atom is 0.203 e. The molecule has 2 aromatic heterocycles. The van der Waals surface area contributed by atoms with Crippen LogP contribution in [0, 0.1) is 0 Å². The third-order valence-electron chi connectivity index (χ3n) is 12.3. The number of aliphatic imine (C=N–C) groups is 1. The molecule has 3 heterocycles. The van der Waals surface area contributed by atoms with Crippen LogP contribution in [0.4, 0.5) is 5.69 Å². The van der Waals surface area contributed by atoms with Gasteiger partial charge in [0.2, 0.25) is 6.29 Å². The van der Waals surface area contributed by atoms with E-state index < -0.39 is 0 Å². The monoisotopic (exact) mass is 754 g/mol. The third kappa shape index (κ3) is 5.20. The van der Waals surface area contributed by atoms with Gasteiger partial charge in [0.1, 0.15) is 0 Å². The van der Waals surface area contributed by atoms with Gasteiger partial charge in [-0.3, -0.25) is 0 Å². The molecule has 0 N–H and O–H groups in total. The van der Waals surface area contributed by atoms with E-state index in [-0.39, 0.29) is 6.29 Å². The van der Waals surface area contributed by atoms with Crippen LogP contribution in [-0.2, 0) is 0 Å². The van der Waals surface area contributed by atoms with Crippen LogP contribution in [0.5, 0.6) is 0 Å². The zero-order valence-corrected chi connectivity index (χ0v) is 32.5. The van der Waals surface area contributed by atoms with Crippen LogP contribution >= 0.6 is 0 Å². The van der Waals surface area contributed by atoms with Crippen molar-refractivity contribution < 1.29 is 0 Å². The lowest BCUT2D eigenvalue weighted by atomic mass is 9.98. The Morgan fingerprint density at radius 3 is 1.78 bits per heavy atom. The van der Waals surface area contributed by atoms with Crippen LogP contribution in [0.1, 0.15) is 17.4 Å². The van der Waals surface area contributed by atoms with Crippen molar-refractivity contribution in [3.8, 4) is 27.9 Å². The Morgan fingerprint density at radius 1 is 0.407 bits per heavy atom. The second-order valence-corrected chi connectivity index (χ2v) is 15.6. The van der Waals surface area contributed by atoms with Crippen LogP contribution in [-0.4, -0.2) is 21.9 Å². The summed E-state index contributed by atoms with van der Waals surface area (Å²) in [5.41, 5.74) is 15.1. The van der Waals surface area contributed by atoms with E-state index in [1.165, 1.54) is 76.8 Å². The van der Waals surface area contributed by atoms with E-state index in [9.17, 15) is 0 Å². The van der Waals surface area contributed by atoms with Gasteiger partial charge in [-0.15, -0.1) is 0 Å². The first-order chi connectivity index (χ1) is 29.2. The topological polar surface area (TPSA) is 25.5 Å². The zero-order chi connectivity index (χ0) is 39.0. The molecule has 0 radical (unpaired) electrons. The summed E-state index contributed by atoms with van der Waals surface area (Å²) in [5, 5.41) is 7.43. The molecule has 4 heteroatoms. The molecule has 0 aliphatic carbocycles. The second-order valence-electron chi connectivity index (χ2n) is 15.6. The first-order valence-corrected chi connectivity index (χ1v) is 20.3. The van der Waals surface area contributed by atoms with Gasteiger partial charge in [0.15, 0.2) is 0 Å². The lowest BCUT2D eigenvalue weighted by Gasteiger charge is -2.35. The van der Waals surface area contributed by atoms with Crippen molar-refractivity contribution in [1.82, 2.24) is 9.13 Å². The Morgan fingerprint density at radius 2 is 0.983 bits per heavy atom. The van der Waals surface area contributed by atoms with Gasteiger partial charge in [0.05, 0.1) is 27.8 Å². The molecule has 1 atom stereocenters. The van der Waals surface area contributed by atoms with Gasteiger partial charge < -0.3 is 14.0 Å². The average molecular weight is 755 g/mol. The number of hydrogen-bond acceptors (Lipinski definition) is 2. The second kappa shape index (κ2) is 13.2. The van der Waals surface area contributed by atoms with Gasteiger partial charge in [-0.05, 0) is 87.6 Å². The summed E-state index contributed by atoms with van der Waals surface area (Å²) in [6.45, 7) is 0. The van der Waals surface area contributed by atoms with Crippen molar-refractivity contribution in [2.75, 3.05) is 11.9 Å². The van der Waals surface area contributed by atoms with Crippen LogP contribution in [0.15, 0.2) is 211 Å². The molecular weight excluding hydrogens is 717 g/mol. The molecule has 278 valence electrons. The zero-order valence-electron chi connectivity index (χ0n) is 32.5. The molecule has 1 aliphatic rings. The van der Waals surface area contributed by atoms with E-state index in [1.807, 2.05) is 0 Å². The van der Waals surface area contributed by atoms with Crippen LogP contribution in [0.25, 0.3) is 82.3 Å². The van der Waals surface area contributed by atoms with Crippen molar-refractivity contribution in [2.45, 2.75) is 6.29 Å². The predicted octanol–water partition coefficient (Wildman–Crippen LogP) is 13.8. The Hall–Kier alpha value is -7.69. The van der Waals surface area contributed by atoms with E-state index in [2.05, 4.69) is 227 Å². The molecule has 0 saturated carbocycles. The standard InChI is InChI=1S/C55H38N4/c1-57-48-22-12-11-21-45(48)54(39-17-6-3-7-18-39)56-55(57)59-51-32-28-41(35-47(51)53-43-19-9-8-16-38(43)26-33-52(53)59)40-27-31-50-46(34-40)44-20-10-13-23-49(44)58(50)42-29-24-37(25-30-42)36-14-4-2-5-15-36/h2-35,55H,1H3. The van der Waals surface area contributed by atoms with Crippen molar-refractivity contribution in [1.29, 1.82) is 0 Å². The lowest BCUT2D eigenvalue weighted by molar-refractivity contribution is 0.540. The molecule has 0 bridgehead atoms. The third-order valence-corrected chi connectivity index (χ3v) is 12.3. The van der Waals surface area contributed by atoms with Gasteiger partial charge in [-0.1, -0.05) is 152 Å². The lowest BCUT2D eigenvalue weighted by Crippen LogP contribution is -2.33. The van der Waals surface area contributed by atoms with Crippen molar-refractivity contribution in [3.63, 3.8) is 0 Å². The first-order valence-electron chi connectivity index (χ1n) is 20.3. The fourth-order valence-electron chi connectivity index (χ4n) is 9.55. The molecule has 59 heavy (non-hydrogen) atoms. The largest absolute Gasteiger partial charge is 0.335 e. The highest BCUT2D eigenvalue weighted by Gasteiger charge is 2.30. The quantitative estimate of drug-likeness (QED) is 0.172. The van der Waals surface area contributed by atoms with Gasteiger partial charge in [0, 0.05) is 51.1 Å². The number of aromatic nitrogens is 2. The maximum absolute atomic E-state index is 5.59. The number of benzene rings is 9. The van der Waals surface area contributed by atoms with Crippen LogP contribution in [0.3, 0.4) is 0 Å². The van der Waals surface area contributed by atoms with E-state index in [0.717, 1.165) is 28.0 Å².